The number of carbonyl (C=O) groups excluding carboxylic acids is 1. The third-order valence-electron chi connectivity index (χ3n) is 2.99. The molecule has 0 radical (unpaired) electrons. The van der Waals surface area contributed by atoms with E-state index in [0.717, 1.165) is 0 Å². The Bertz CT molecular complexity index is 537. The van der Waals surface area contributed by atoms with E-state index >= 15 is 0 Å². The van der Waals surface area contributed by atoms with Crippen molar-refractivity contribution in [1.29, 1.82) is 0 Å². The van der Waals surface area contributed by atoms with E-state index in [-0.39, 0.29) is 18.9 Å². The van der Waals surface area contributed by atoms with Gasteiger partial charge in [0.2, 0.25) is 0 Å². The largest absolute Gasteiger partial charge is 0.481 e. The number of amides is 1. The zero-order valence-corrected chi connectivity index (χ0v) is 12.1. The number of hydrogen-bond donors (Lipinski definition) is 1. The van der Waals surface area contributed by atoms with Crippen LogP contribution in [0.15, 0.2) is 22.7 Å². The topological polar surface area (TPSA) is 66.8 Å². The Balaban J connectivity index is 2.10. The van der Waals surface area contributed by atoms with Crippen molar-refractivity contribution in [3.05, 3.63) is 34.1 Å². The Kier molecular flexibility index (Phi) is 4.72. The fourth-order valence-corrected chi connectivity index (χ4v) is 2.58. The Morgan fingerprint density at radius 2 is 2.25 bits per heavy atom. The number of halogens is 2. The molecule has 5 nitrogen and oxygen atoms in total. The first-order chi connectivity index (χ1) is 9.47. The van der Waals surface area contributed by atoms with E-state index in [9.17, 15) is 14.0 Å². The van der Waals surface area contributed by atoms with Gasteiger partial charge in [-0.3, -0.25) is 9.59 Å². The number of carboxylic acids is 1. The molecule has 1 N–H and O–H groups in total. The monoisotopic (exact) mass is 345 g/mol. The lowest BCUT2D eigenvalue weighted by Crippen LogP contribution is -2.46. The molecule has 1 heterocycles. The van der Waals surface area contributed by atoms with Crippen molar-refractivity contribution < 1.29 is 23.8 Å². The van der Waals surface area contributed by atoms with Crippen molar-refractivity contribution in [2.75, 3.05) is 19.7 Å². The highest BCUT2D eigenvalue weighted by Crippen LogP contribution is 2.21. The molecule has 1 amide bonds. The molecule has 0 spiro atoms. The van der Waals surface area contributed by atoms with E-state index in [1.807, 2.05) is 0 Å². The van der Waals surface area contributed by atoms with E-state index in [1.165, 1.54) is 23.1 Å². The standard InChI is InChI=1S/C13H13BrFNO4/c14-11-5-8(15)1-2-10(11)13(19)16-3-4-20-9(7-16)6-12(17)18/h1-2,5,9H,3-4,6-7H2,(H,17,18). The Morgan fingerprint density at radius 3 is 2.90 bits per heavy atom. The van der Waals surface area contributed by atoms with Gasteiger partial charge in [-0.15, -0.1) is 0 Å². The lowest BCUT2D eigenvalue weighted by Gasteiger charge is -2.32. The molecule has 1 aliphatic rings. The van der Waals surface area contributed by atoms with Gasteiger partial charge in [-0.05, 0) is 34.1 Å². The lowest BCUT2D eigenvalue weighted by molar-refractivity contribution is -0.141. The van der Waals surface area contributed by atoms with Gasteiger partial charge in [0.15, 0.2) is 0 Å². The van der Waals surface area contributed by atoms with Crippen LogP contribution in [0, 0.1) is 5.82 Å². The van der Waals surface area contributed by atoms with Crippen molar-refractivity contribution >= 4 is 27.8 Å². The number of hydrogen-bond acceptors (Lipinski definition) is 3. The molecule has 0 aliphatic carbocycles. The minimum atomic E-state index is -0.965. The van der Waals surface area contributed by atoms with E-state index < -0.39 is 17.9 Å². The van der Waals surface area contributed by atoms with Crippen LogP contribution in [0.25, 0.3) is 0 Å². The van der Waals surface area contributed by atoms with Crippen LogP contribution in [-0.4, -0.2) is 47.7 Å². The minimum Gasteiger partial charge on any atom is -0.481 e. The molecule has 1 atom stereocenters. The molecule has 0 bridgehead atoms. The quantitative estimate of drug-likeness (QED) is 0.908. The summed E-state index contributed by atoms with van der Waals surface area (Å²) in [7, 11) is 0. The number of nitrogens with zero attached hydrogens (tertiary/aromatic N) is 1. The minimum absolute atomic E-state index is 0.144. The second-order valence-corrected chi connectivity index (χ2v) is 5.32. The molecule has 7 heteroatoms. The van der Waals surface area contributed by atoms with Crippen molar-refractivity contribution in [2.45, 2.75) is 12.5 Å². The molecule has 20 heavy (non-hydrogen) atoms. The van der Waals surface area contributed by atoms with E-state index in [4.69, 9.17) is 9.84 Å². The van der Waals surface area contributed by atoms with Gasteiger partial charge in [-0.25, -0.2) is 4.39 Å². The molecule has 108 valence electrons. The summed E-state index contributed by atoms with van der Waals surface area (Å²) in [5.41, 5.74) is 0.349. The summed E-state index contributed by atoms with van der Waals surface area (Å²) >= 11 is 3.16. The first kappa shape index (κ1) is 14.9. The number of morpholine rings is 1. The van der Waals surface area contributed by atoms with Crippen LogP contribution in [0.2, 0.25) is 0 Å². The fourth-order valence-electron chi connectivity index (χ4n) is 2.06. The maximum absolute atomic E-state index is 13.0. The maximum atomic E-state index is 13.0. The molecule has 1 unspecified atom stereocenters. The van der Waals surface area contributed by atoms with Crippen LogP contribution in [0.1, 0.15) is 16.8 Å². The summed E-state index contributed by atoms with van der Waals surface area (Å²) in [5, 5.41) is 8.75. The van der Waals surface area contributed by atoms with Crippen LogP contribution >= 0.6 is 15.9 Å². The van der Waals surface area contributed by atoms with Crippen molar-refractivity contribution in [3.63, 3.8) is 0 Å². The number of carboxylic acid groups (broad SMARTS) is 1. The number of benzene rings is 1. The van der Waals surface area contributed by atoms with Gasteiger partial charge in [0, 0.05) is 17.6 Å². The molecule has 1 aromatic rings. The van der Waals surface area contributed by atoms with Gasteiger partial charge in [0.1, 0.15) is 5.82 Å². The van der Waals surface area contributed by atoms with Crippen LogP contribution in [0.5, 0.6) is 0 Å². The molecule has 0 saturated carbocycles. The number of carbonyl (C=O) groups is 2. The summed E-state index contributed by atoms with van der Waals surface area (Å²) in [6.45, 7) is 0.899. The first-order valence-electron chi connectivity index (χ1n) is 6.05. The second-order valence-electron chi connectivity index (χ2n) is 4.47. The van der Waals surface area contributed by atoms with E-state index in [1.54, 1.807) is 0 Å². The molecule has 1 saturated heterocycles. The van der Waals surface area contributed by atoms with Crippen molar-refractivity contribution in [3.8, 4) is 0 Å². The fraction of sp³-hybridized carbons (Fsp3) is 0.385. The van der Waals surface area contributed by atoms with E-state index in [0.29, 0.717) is 23.2 Å². The normalized spacial score (nSPS) is 18.9. The highest BCUT2D eigenvalue weighted by Gasteiger charge is 2.27. The summed E-state index contributed by atoms with van der Waals surface area (Å²) in [6, 6.07) is 3.85. The average molecular weight is 346 g/mol. The SMILES string of the molecule is O=C(O)CC1CN(C(=O)c2ccc(F)cc2Br)CCO1. The van der Waals surface area contributed by atoms with Crippen LogP contribution < -0.4 is 0 Å². The van der Waals surface area contributed by atoms with Gasteiger partial charge in [-0.2, -0.15) is 0 Å². The zero-order valence-electron chi connectivity index (χ0n) is 10.5. The van der Waals surface area contributed by atoms with Gasteiger partial charge in [0.25, 0.3) is 5.91 Å². The van der Waals surface area contributed by atoms with Gasteiger partial charge >= 0.3 is 5.97 Å². The maximum Gasteiger partial charge on any atom is 0.306 e. The first-order valence-corrected chi connectivity index (χ1v) is 6.84. The predicted octanol–water partition coefficient (Wildman–Crippen LogP) is 1.90. The molecule has 2 rings (SSSR count). The highest BCUT2D eigenvalue weighted by molar-refractivity contribution is 9.10. The van der Waals surface area contributed by atoms with Gasteiger partial charge in [0.05, 0.1) is 24.7 Å². The van der Waals surface area contributed by atoms with Crippen molar-refractivity contribution in [2.24, 2.45) is 0 Å². The van der Waals surface area contributed by atoms with Gasteiger partial charge < -0.3 is 14.7 Å². The lowest BCUT2D eigenvalue weighted by atomic mass is 10.1. The summed E-state index contributed by atoms with van der Waals surface area (Å²) in [4.78, 5) is 24.5. The Labute approximate surface area is 123 Å². The number of aliphatic carboxylic acids is 1. The third-order valence-corrected chi connectivity index (χ3v) is 3.65. The Morgan fingerprint density at radius 1 is 1.50 bits per heavy atom. The van der Waals surface area contributed by atoms with Crippen molar-refractivity contribution in [1.82, 2.24) is 4.90 Å². The smallest absolute Gasteiger partial charge is 0.306 e. The van der Waals surface area contributed by atoms with Crippen LogP contribution in [-0.2, 0) is 9.53 Å². The summed E-state index contributed by atoms with van der Waals surface area (Å²) in [5.74, 6) is -1.66. The summed E-state index contributed by atoms with van der Waals surface area (Å²) in [6.07, 6.45) is -0.654. The Hall–Kier alpha value is -1.47. The third kappa shape index (κ3) is 3.55. The second kappa shape index (κ2) is 6.32. The highest BCUT2D eigenvalue weighted by atomic mass is 79.9. The molecular formula is C13H13BrFNO4. The molecule has 1 fully saturated rings. The van der Waals surface area contributed by atoms with Gasteiger partial charge in [-0.1, -0.05) is 0 Å². The molecular weight excluding hydrogens is 333 g/mol. The van der Waals surface area contributed by atoms with E-state index in [2.05, 4.69) is 15.9 Å². The number of ether oxygens (including phenoxy) is 1. The zero-order chi connectivity index (χ0) is 14.7. The molecule has 1 aromatic carbocycles. The molecule has 1 aliphatic heterocycles. The van der Waals surface area contributed by atoms with Crippen LogP contribution in [0.4, 0.5) is 4.39 Å². The molecule has 0 aromatic heterocycles. The number of rotatable bonds is 3. The van der Waals surface area contributed by atoms with Crippen LogP contribution in [0.3, 0.4) is 0 Å². The predicted molar refractivity (Wildman–Crippen MR) is 72.0 cm³/mol. The average Bonchev–Trinajstić information content (AvgIpc) is 2.37. The summed E-state index contributed by atoms with van der Waals surface area (Å²) < 4.78 is 18.7.